The van der Waals surface area contributed by atoms with Crippen molar-refractivity contribution in [1.29, 1.82) is 0 Å². The minimum Gasteiger partial charge on any atom is -0.456 e. The standard InChI is InChI=1S/C49H55NO14S/c1-27-33(62-45(57)38(53)37(30-17-11-8-12-18-30)50-43(55)31-19-13-9-14-20-31)24-49(58)42(63-44(56)32-21-15-10-16-22-32)40-47(6,41(54)39(61-28(2)51)36(27)46(49,4)5)35(65-26-59-7)23-34-48(40,25-60-34)64-29(3)52/h8-22,33-35,37-40,42,53,58H,23-26H2,1-7H3,(H,50,55)/t33?,34?,35?,37?,38?,39?,40?,42?,47-,48?,49?/m1/s1. The zero-order chi connectivity index (χ0) is 47.1. The minimum atomic E-state index is -2.32. The Bertz CT molecular complexity index is 2340. The summed E-state index contributed by atoms with van der Waals surface area (Å²) in [6, 6.07) is 23.3. The number of hydrogen-bond acceptors (Lipinski definition) is 15. The highest BCUT2D eigenvalue weighted by Gasteiger charge is 2.78. The number of rotatable bonds is 13. The third kappa shape index (κ3) is 8.39. The van der Waals surface area contributed by atoms with Crippen molar-refractivity contribution in [2.24, 2.45) is 16.7 Å². The molecule has 0 spiro atoms. The second-order valence-electron chi connectivity index (χ2n) is 17.9. The van der Waals surface area contributed by atoms with Gasteiger partial charge in [-0.05, 0) is 54.3 Å². The number of benzene rings is 3. The number of amides is 1. The molecule has 11 atom stereocenters. The molecule has 10 unspecified atom stereocenters. The van der Waals surface area contributed by atoms with E-state index in [1.165, 1.54) is 37.9 Å². The Hall–Kier alpha value is -5.39. The molecule has 2 saturated carbocycles. The molecule has 3 aromatic rings. The van der Waals surface area contributed by atoms with Gasteiger partial charge < -0.3 is 44.0 Å². The zero-order valence-electron chi connectivity index (χ0n) is 37.3. The molecule has 2 bridgehead atoms. The fraction of sp³-hybridized carbons (Fsp3) is 0.469. The Balaban J connectivity index is 1.41. The van der Waals surface area contributed by atoms with Crippen LogP contribution in [0, 0.1) is 16.7 Å². The Morgan fingerprint density at radius 2 is 1.46 bits per heavy atom. The summed E-state index contributed by atoms with van der Waals surface area (Å²) in [5.41, 5.74) is -6.25. The largest absolute Gasteiger partial charge is 0.456 e. The molecular weight excluding hydrogens is 859 g/mol. The van der Waals surface area contributed by atoms with Crippen LogP contribution in [0.3, 0.4) is 0 Å². The molecule has 1 amide bonds. The lowest BCUT2D eigenvalue weighted by atomic mass is 9.45. The number of ether oxygens (including phenoxy) is 6. The van der Waals surface area contributed by atoms with Gasteiger partial charge in [0.15, 0.2) is 23.6 Å². The van der Waals surface area contributed by atoms with Crippen LogP contribution in [0.25, 0.3) is 0 Å². The Morgan fingerprint density at radius 3 is 2.02 bits per heavy atom. The molecule has 3 fully saturated rings. The van der Waals surface area contributed by atoms with Gasteiger partial charge in [0.25, 0.3) is 5.91 Å². The maximum Gasteiger partial charge on any atom is 0.338 e. The monoisotopic (exact) mass is 913 g/mol. The number of thioether (sulfide) groups is 1. The number of Topliss-reactive ketones (excluding diaryl/α,β-unsaturated/α-hetero) is 1. The number of nitrogens with one attached hydrogen (secondary N) is 1. The molecule has 4 aliphatic rings. The molecule has 16 heteroatoms. The van der Waals surface area contributed by atoms with Gasteiger partial charge in [-0.15, -0.1) is 11.8 Å². The summed E-state index contributed by atoms with van der Waals surface area (Å²) >= 11 is 1.27. The number of aliphatic hydroxyl groups excluding tert-OH is 1. The summed E-state index contributed by atoms with van der Waals surface area (Å²) in [6.07, 6.45) is -8.07. The summed E-state index contributed by atoms with van der Waals surface area (Å²) in [4.78, 5) is 84.7. The van der Waals surface area contributed by atoms with Crippen LogP contribution < -0.4 is 5.32 Å². The van der Waals surface area contributed by atoms with E-state index in [1.54, 1.807) is 107 Å². The molecule has 7 rings (SSSR count). The highest BCUT2D eigenvalue weighted by molar-refractivity contribution is 7.99. The molecule has 1 heterocycles. The summed E-state index contributed by atoms with van der Waals surface area (Å²) in [5, 5.41) is 27.8. The summed E-state index contributed by atoms with van der Waals surface area (Å²) < 4.78 is 36.6. The van der Waals surface area contributed by atoms with Crippen molar-refractivity contribution in [3.63, 3.8) is 0 Å². The van der Waals surface area contributed by atoms with E-state index >= 15 is 4.79 Å². The van der Waals surface area contributed by atoms with Gasteiger partial charge in [0.1, 0.15) is 23.9 Å². The molecule has 15 nitrogen and oxygen atoms in total. The van der Waals surface area contributed by atoms with Gasteiger partial charge in [0.2, 0.25) is 0 Å². The van der Waals surface area contributed by atoms with Gasteiger partial charge in [0.05, 0.1) is 35.5 Å². The van der Waals surface area contributed by atoms with Crippen LogP contribution in [0.2, 0.25) is 0 Å². The molecular formula is C49H55NO14S. The fourth-order valence-electron chi connectivity index (χ4n) is 10.6. The number of ketones is 1. The molecule has 0 radical (unpaired) electrons. The molecule has 65 heavy (non-hydrogen) atoms. The van der Waals surface area contributed by atoms with Crippen LogP contribution in [-0.2, 0) is 47.6 Å². The number of fused-ring (bicyclic) bond motifs is 5. The second kappa shape index (κ2) is 18.5. The summed E-state index contributed by atoms with van der Waals surface area (Å²) in [5.74, 6) is -6.12. The van der Waals surface area contributed by atoms with Crippen LogP contribution in [0.1, 0.15) is 86.7 Å². The van der Waals surface area contributed by atoms with Gasteiger partial charge in [-0.2, -0.15) is 0 Å². The van der Waals surface area contributed by atoms with E-state index in [9.17, 15) is 34.2 Å². The average Bonchev–Trinajstić information content (AvgIpc) is 3.27. The third-order valence-electron chi connectivity index (χ3n) is 13.8. The first-order valence-electron chi connectivity index (χ1n) is 21.4. The summed E-state index contributed by atoms with van der Waals surface area (Å²) in [6.45, 7) is 8.57. The summed E-state index contributed by atoms with van der Waals surface area (Å²) in [7, 11) is 1.49. The smallest absolute Gasteiger partial charge is 0.338 e. The maximum absolute atomic E-state index is 16.0. The van der Waals surface area contributed by atoms with Crippen molar-refractivity contribution in [2.75, 3.05) is 19.7 Å². The SMILES string of the molecule is COCSC1CC2OCC2(OC(C)=O)C2C(OC(=O)c3ccccc3)C3(O)CC(OC(=O)C(O)C(NC(=O)c4ccccc4)c4ccccc4)C(C)=C(C(OC(C)=O)C(=O)[C@]12C)C3(C)C. The lowest BCUT2D eigenvalue weighted by Crippen LogP contribution is -2.81. The highest BCUT2D eigenvalue weighted by atomic mass is 32.2. The number of esters is 4. The van der Waals surface area contributed by atoms with Crippen molar-refractivity contribution < 1.29 is 67.4 Å². The lowest BCUT2D eigenvalue weighted by Gasteiger charge is -2.68. The van der Waals surface area contributed by atoms with E-state index in [2.05, 4.69) is 5.32 Å². The van der Waals surface area contributed by atoms with Crippen LogP contribution in [0.15, 0.2) is 102 Å². The third-order valence-corrected chi connectivity index (χ3v) is 15.3. The number of methoxy groups -OCH3 is 1. The van der Waals surface area contributed by atoms with E-state index in [1.807, 2.05) is 0 Å². The van der Waals surface area contributed by atoms with E-state index in [0.29, 0.717) is 5.56 Å². The Morgan fingerprint density at radius 1 is 0.862 bits per heavy atom. The highest BCUT2D eigenvalue weighted by Crippen LogP contribution is 2.66. The van der Waals surface area contributed by atoms with E-state index < -0.39 is 112 Å². The first-order valence-corrected chi connectivity index (χ1v) is 22.5. The van der Waals surface area contributed by atoms with Gasteiger partial charge >= 0.3 is 23.9 Å². The predicted molar refractivity (Wildman–Crippen MR) is 235 cm³/mol. The number of aliphatic hydroxyl groups is 2. The van der Waals surface area contributed by atoms with Crippen LogP contribution in [-0.4, -0.2) is 112 Å². The van der Waals surface area contributed by atoms with Crippen LogP contribution in [0.4, 0.5) is 0 Å². The molecule has 1 saturated heterocycles. The van der Waals surface area contributed by atoms with E-state index in [0.717, 1.165) is 6.92 Å². The molecule has 3 N–H and O–H groups in total. The minimum absolute atomic E-state index is 0.0835. The lowest BCUT2D eigenvalue weighted by molar-refractivity contribution is -0.331. The Kier molecular flexibility index (Phi) is 13.5. The molecule has 346 valence electrons. The molecule has 0 aromatic heterocycles. The Labute approximate surface area is 381 Å². The fourth-order valence-corrected chi connectivity index (χ4v) is 11.8. The topological polar surface area (TPSA) is 210 Å². The maximum atomic E-state index is 16.0. The van der Waals surface area contributed by atoms with E-state index in [4.69, 9.17) is 28.4 Å². The van der Waals surface area contributed by atoms with Gasteiger partial charge in [-0.1, -0.05) is 87.5 Å². The van der Waals surface area contributed by atoms with Crippen molar-refractivity contribution in [3.05, 3.63) is 119 Å². The van der Waals surface area contributed by atoms with Crippen LogP contribution in [0.5, 0.6) is 0 Å². The molecule has 1 aliphatic heterocycles. The number of carbonyl (C=O) groups excluding carboxylic acids is 6. The van der Waals surface area contributed by atoms with Gasteiger partial charge in [-0.3, -0.25) is 19.2 Å². The van der Waals surface area contributed by atoms with E-state index in [-0.39, 0.29) is 41.2 Å². The van der Waals surface area contributed by atoms with Crippen molar-refractivity contribution in [1.82, 2.24) is 5.32 Å². The van der Waals surface area contributed by atoms with Gasteiger partial charge in [-0.25, -0.2) is 9.59 Å². The first-order chi connectivity index (χ1) is 30.8. The zero-order valence-corrected chi connectivity index (χ0v) is 38.1. The van der Waals surface area contributed by atoms with Crippen molar-refractivity contribution in [2.45, 2.75) is 107 Å². The van der Waals surface area contributed by atoms with Crippen molar-refractivity contribution in [3.8, 4) is 0 Å². The predicted octanol–water partition coefficient (Wildman–Crippen LogP) is 5.08. The van der Waals surface area contributed by atoms with Crippen molar-refractivity contribution >= 4 is 47.3 Å². The molecule has 3 aromatic carbocycles. The average molecular weight is 914 g/mol. The second-order valence-corrected chi connectivity index (χ2v) is 19.0. The number of hydrogen-bond donors (Lipinski definition) is 3. The number of carbonyl (C=O) groups is 6. The quantitative estimate of drug-likeness (QED) is 0.0884. The van der Waals surface area contributed by atoms with Gasteiger partial charge in [0, 0.05) is 43.6 Å². The normalized spacial score (nSPS) is 30.9. The molecule has 3 aliphatic carbocycles. The first kappa shape index (κ1) is 47.6. The van der Waals surface area contributed by atoms with Crippen LogP contribution >= 0.6 is 11.8 Å².